The van der Waals surface area contributed by atoms with E-state index in [1.807, 2.05) is 54.6 Å². The monoisotopic (exact) mass is 476 g/mol. The van der Waals surface area contributed by atoms with Crippen LogP contribution in [0.1, 0.15) is 29.3 Å². The summed E-state index contributed by atoms with van der Waals surface area (Å²) in [5.74, 6) is -0.775. The minimum absolute atomic E-state index is 0.223. The van der Waals surface area contributed by atoms with Crippen LogP contribution >= 0.6 is 22.9 Å². The summed E-state index contributed by atoms with van der Waals surface area (Å²) in [4.78, 5) is 33.7. The van der Waals surface area contributed by atoms with Gasteiger partial charge in [-0.3, -0.25) is 4.79 Å². The second-order valence-corrected chi connectivity index (χ2v) is 9.66. The molecule has 0 N–H and O–H groups in total. The Kier molecular flexibility index (Phi) is 5.87. The average Bonchev–Trinajstić information content (AvgIpc) is 3.28. The molecule has 0 saturated carbocycles. The number of pyridine rings is 1. The Labute approximate surface area is 200 Å². The lowest BCUT2D eigenvalue weighted by Gasteiger charge is -2.31. The summed E-state index contributed by atoms with van der Waals surface area (Å²) >= 11 is 7.49. The van der Waals surface area contributed by atoms with Gasteiger partial charge in [-0.15, -0.1) is 11.3 Å². The highest BCUT2D eigenvalue weighted by Gasteiger charge is 2.29. The molecule has 0 radical (unpaired) electrons. The van der Waals surface area contributed by atoms with Gasteiger partial charge in [0.1, 0.15) is 0 Å². The molecule has 33 heavy (non-hydrogen) atoms. The van der Waals surface area contributed by atoms with Gasteiger partial charge in [0.2, 0.25) is 0 Å². The highest BCUT2D eigenvalue weighted by atomic mass is 35.5. The van der Waals surface area contributed by atoms with Gasteiger partial charge in [0, 0.05) is 17.6 Å². The Morgan fingerprint density at radius 1 is 1.09 bits per heavy atom. The number of thiophene rings is 1. The highest BCUT2D eigenvalue weighted by Crippen LogP contribution is 2.33. The number of fused-ring (bicyclic) bond motifs is 2. The molecule has 0 unspecified atom stereocenters. The predicted molar refractivity (Wildman–Crippen MR) is 132 cm³/mol. The van der Waals surface area contributed by atoms with E-state index in [0.717, 1.165) is 29.0 Å². The zero-order valence-electron chi connectivity index (χ0n) is 18.0. The average molecular weight is 477 g/mol. The number of nitrogens with zero attached hydrogens (tertiary/aromatic N) is 2. The molecule has 4 aromatic rings. The Balaban J connectivity index is 1.44. The predicted octanol–water partition coefficient (Wildman–Crippen LogP) is 6.14. The van der Waals surface area contributed by atoms with Gasteiger partial charge in [-0.1, -0.05) is 48.0 Å². The summed E-state index contributed by atoms with van der Waals surface area (Å²) in [6.07, 6.45) is 0.896. The summed E-state index contributed by atoms with van der Waals surface area (Å²) in [5, 5.41) is 0.678. The number of para-hydroxylation sites is 2. The van der Waals surface area contributed by atoms with Crippen molar-refractivity contribution in [2.75, 3.05) is 11.4 Å². The van der Waals surface area contributed by atoms with Crippen LogP contribution in [0.2, 0.25) is 4.34 Å². The number of aromatic nitrogens is 1. The number of halogens is 1. The lowest BCUT2D eigenvalue weighted by Crippen LogP contribution is -2.42. The van der Waals surface area contributed by atoms with E-state index in [9.17, 15) is 9.59 Å². The van der Waals surface area contributed by atoms with Gasteiger partial charge in [0.25, 0.3) is 5.91 Å². The fraction of sp³-hybridized carbons (Fsp3) is 0.192. The molecule has 5 rings (SSSR count). The van der Waals surface area contributed by atoms with Crippen LogP contribution in [0.4, 0.5) is 5.69 Å². The smallest absolute Gasteiger partial charge is 0.339 e. The Morgan fingerprint density at radius 2 is 1.88 bits per heavy atom. The minimum atomic E-state index is -0.921. The first kappa shape index (κ1) is 21.6. The fourth-order valence-corrected chi connectivity index (χ4v) is 5.18. The summed E-state index contributed by atoms with van der Waals surface area (Å²) < 4.78 is 6.33. The number of carbonyl (C=O) groups excluding carboxylic acids is 2. The van der Waals surface area contributed by atoms with E-state index in [1.165, 1.54) is 11.3 Å². The summed E-state index contributed by atoms with van der Waals surface area (Å²) in [6.45, 7) is 2.24. The van der Waals surface area contributed by atoms with Gasteiger partial charge in [-0.05, 0) is 55.7 Å². The second kappa shape index (κ2) is 8.96. The van der Waals surface area contributed by atoms with E-state index >= 15 is 0 Å². The zero-order valence-corrected chi connectivity index (χ0v) is 19.5. The van der Waals surface area contributed by atoms with Crippen LogP contribution in [0.15, 0.2) is 66.7 Å². The summed E-state index contributed by atoms with van der Waals surface area (Å²) in [6, 6.07) is 20.7. The third-order valence-corrected chi connectivity index (χ3v) is 7.02. The third kappa shape index (κ3) is 4.24. The Hall–Kier alpha value is -3.22. The standard InChI is InChI=1S/C26H21ClN2O3S/c1-16(25(30)29-14-6-8-17-7-2-5-11-22(17)29)32-26(31)19-15-21(23-12-13-24(27)33-23)28-20-10-4-3-9-18(19)20/h2-5,7,9-13,15-16H,6,8,14H2,1H3/t16-/m1/s1. The maximum Gasteiger partial charge on any atom is 0.339 e. The van der Waals surface area contributed by atoms with Crippen molar-refractivity contribution in [3.63, 3.8) is 0 Å². The van der Waals surface area contributed by atoms with Gasteiger partial charge in [0.05, 0.1) is 26.0 Å². The summed E-state index contributed by atoms with van der Waals surface area (Å²) in [7, 11) is 0. The third-order valence-electron chi connectivity index (χ3n) is 5.77. The number of esters is 1. The van der Waals surface area contributed by atoms with E-state index in [-0.39, 0.29) is 5.91 Å². The topological polar surface area (TPSA) is 59.5 Å². The number of anilines is 1. The molecule has 3 heterocycles. The van der Waals surface area contributed by atoms with Crippen molar-refractivity contribution in [2.45, 2.75) is 25.9 Å². The number of hydrogen-bond acceptors (Lipinski definition) is 5. The molecule has 0 fully saturated rings. The second-order valence-electron chi connectivity index (χ2n) is 7.95. The van der Waals surface area contributed by atoms with Crippen LogP contribution in [0.3, 0.4) is 0 Å². The lowest BCUT2D eigenvalue weighted by atomic mass is 10.0. The van der Waals surface area contributed by atoms with Crippen LogP contribution in [0, 0.1) is 0 Å². The van der Waals surface area contributed by atoms with E-state index in [2.05, 4.69) is 4.98 Å². The zero-order chi connectivity index (χ0) is 22.9. The first-order chi connectivity index (χ1) is 16.0. The van der Waals surface area contributed by atoms with Crippen LogP contribution in [-0.4, -0.2) is 29.5 Å². The molecule has 1 amide bonds. The maximum absolute atomic E-state index is 13.2. The van der Waals surface area contributed by atoms with Crippen molar-refractivity contribution < 1.29 is 14.3 Å². The molecule has 0 aliphatic carbocycles. The molecule has 5 nitrogen and oxygen atoms in total. The fourth-order valence-electron chi connectivity index (χ4n) is 4.18. The molecule has 1 aliphatic heterocycles. The van der Waals surface area contributed by atoms with Crippen LogP contribution < -0.4 is 4.90 Å². The van der Waals surface area contributed by atoms with Crippen molar-refractivity contribution in [1.82, 2.24) is 4.98 Å². The van der Waals surface area contributed by atoms with Crippen molar-refractivity contribution in [3.05, 3.63) is 82.2 Å². The van der Waals surface area contributed by atoms with Crippen LogP contribution in [-0.2, 0) is 16.0 Å². The summed E-state index contributed by atoms with van der Waals surface area (Å²) in [5.41, 5.74) is 3.72. The molecule has 7 heteroatoms. The van der Waals surface area contributed by atoms with Gasteiger partial charge in [0.15, 0.2) is 6.10 Å². The Morgan fingerprint density at radius 3 is 2.70 bits per heavy atom. The normalized spacial score (nSPS) is 14.1. The molecule has 0 spiro atoms. The Bertz CT molecular complexity index is 1370. The van der Waals surface area contributed by atoms with Gasteiger partial charge >= 0.3 is 5.97 Å². The number of hydrogen-bond donors (Lipinski definition) is 0. The van der Waals surface area contributed by atoms with Crippen molar-refractivity contribution in [1.29, 1.82) is 0 Å². The lowest BCUT2D eigenvalue weighted by molar-refractivity contribution is -0.126. The SMILES string of the molecule is C[C@@H](OC(=O)c1cc(-c2ccc(Cl)s2)nc2ccccc12)C(=O)N1CCCc2ccccc21. The minimum Gasteiger partial charge on any atom is -0.449 e. The first-order valence-corrected chi connectivity index (χ1v) is 12.0. The molecule has 2 aromatic heterocycles. The molecule has 2 aromatic carbocycles. The van der Waals surface area contributed by atoms with Crippen LogP contribution in [0.25, 0.3) is 21.5 Å². The molecular formula is C26H21ClN2O3S. The van der Waals surface area contributed by atoms with Crippen molar-refractivity contribution in [2.24, 2.45) is 0 Å². The van der Waals surface area contributed by atoms with Crippen molar-refractivity contribution >= 4 is 51.4 Å². The van der Waals surface area contributed by atoms with Crippen LogP contribution in [0.5, 0.6) is 0 Å². The molecule has 166 valence electrons. The number of amides is 1. The van der Waals surface area contributed by atoms with E-state index in [1.54, 1.807) is 24.0 Å². The van der Waals surface area contributed by atoms with Gasteiger partial charge < -0.3 is 9.64 Å². The maximum atomic E-state index is 13.2. The molecular weight excluding hydrogens is 456 g/mol. The molecule has 0 saturated heterocycles. The molecule has 1 atom stereocenters. The molecule has 1 aliphatic rings. The van der Waals surface area contributed by atoms with E-state index in [0.29, 0.717) is 33.0 Å². The number of aryl methyl sites for hydroxylation is 1. The van der Waals surface area contributed by atoms with Gasteiger partial charge in [-0.2, -0.15) is 0 Å². The number of carbonyl (C=O) groups is 2. The number of benzene rings is 2. The largest absolute Gasteiger partial charge is 0.449 e. The van der Waals surface area contributed by atoms with E-state index < -0.39 is 12.1 Å². The van der Waals surface area contributed by atoms with Crippen molar-refractivity contribution in [3.8, 4) is 10.6 Å². The quantitative estimate of drug-likeness (QED) is 0.332. The number of ether oxygens (including phenoxy) is 1. The first-order valence-electron chi connectivity index (χ1n) is 10.8. The molecule has 0 bridgehead atoms. The van der Waals surface area contributed by atoms with Gasteiger partial charge in [-0.25, -0.2) is 9.78 Å². The van der Waals surface area contributed by atoms with E-state index in [4.69, 9.17) is 16.3 Å². The highest BCUT2D eigenvalue weighted by molar-refractivity contribution is 7.19. The number of rotatable bonds is 4.